The maximum absolute atomic E-state index is 5.84. The van der Waals surface area contributed by atoms with Crippen molar-refractivity contribution in [2.75, 3.05) is 6.54 Å². The second-order valence-corrected chi connectivity index (χ2v) is 5.78. The van der Waals surface area contributed by atoms with E-state index in [4.69, 9.17) is 5.73 Å². The van der Waals surface area contributed by atoms with Crippen molar-refractivity contribution in [2.45, 2.75) is 58.9 Å². The van der Waals surface area contributed by atoms with Crippen LogP contribution in [0.3, 0.4) is 0 Å². The number of nitrogens with zero attached hydrogens (tertiary/aromatic N) is 1. The van der Waals surface area contributed by atoms with E-state index in [9.17, 15) is 0 Å². The van der Waals surface area contributed by atoms with Crippen LogP contribution in [0.4, 0.5) is 0 Å². The molecule has 16 heavy (non-hydrogen) atoms. The van der Waals surface area contributed by atoms with Crippen molar-refractivity contribution in [3.8, 4) is 0 Å². The summed E-state index contributed by atoms with van der Waals surface area (Å²) in [6, 6.07) is 0. The largest absolute Gasteiger partial charge is 0.370 e. The van der Waals surface area contributed by atoms with Gasteiger partial charge in [-0.3, -0.25) is 4.99 Å². The van der Waals surface area contributed by atoms with Gasteiger partial charge in [0.2, 0.25) is 0 Å². The van der Waals surface area contributed by atoms with Crippen molar-refractivity contribution in [3.63, 3.8) is 0 Å². The van der Waals surface area contributed by atoms with Gasteiger partial charge in [0.1, 0.15) is 0 Å². The van der Waals surface area contributed by atoms with Gasteiger partial charge in [0.05, 0.1) is 0 Å². The van der Waals surface area contributed by atoms with Gasteiger partial charge in [0.25, 0.3) is 0 Å². The van der Waals surface area contributed by atoms with Gasteiger partial charge < -0.3 is 11.1 Å². The van der Waals surface area contributed by atoms with Crippen LogP contribution in [0, 0.1) is 5.41 Å². The van der Waals surface area contributed by atoms with Crippen LogP contribution in [0.2, 0.25) is 0 Å². The molecule has 1 aliphatic carbocycles. The summed E-state index contributed by atoms with van der Waals surface area (Å²) in [6.45, 7) is 9.41. The van der Waals surface area contributed by atoms with Crippen molar-refractivity contribution >= 4 is 29.9 Å². The molecule has 1 saturated carbocycles. The third-order valence-electron chi connectivity index (χ3n) is 3.25. The number of aliphatic imine (C=N–C) groups is 1. The normalized spacial score (nSPS) is 19.6. The molecule has 3 nitrogen and oxygen atoms in total. The lowest BCUT2D eigenvalue weighted by atomic mass is 9.67. The molecule has 0 atom stereocenters. The average molecular weight is 339 g/mol. The molecule has 1 fully saturated rings. The molecule has 0 saturated heterocycles. The zero-order valence-corrected chi connectivity index (χ0v) is 13.3. The molecule has 0 bridgehead atoms. The van der Waals surface area contributed by atoms with Crippen molar-refractivity contribution in [3.05, 3.63) is 0 Å². The van der Waals surface area contributed by atoms with E-state index in [0.29, 0.717) is 11.4 Å². The van der Waals surface area contributed by atoms with E-state index in [1.807, 2.05) is 0 Å². The van der Waals surface area contributed by atoms with Gasteiger partial charge in [-0.15, -0.1) is 24.0 Å². The first-order valence-corrected chi connectivity index (χ1v) is 5.95. The van der Waals surface area contributed by atoms with E-state index in [0.717, 1.165) is 6.54 Å². The second-order valence-electron chi connectivity index (χ2n) is 5.78. The first kappa shape index (κ1) is 16.0. The molecule has 4 heteroatoms. The maximum atomic E-state index is 5.84. The highest BCUT2D eigenvalue weighted by atomic mass is 127. The van der Waals surface area contributed by atoms with Crippen LogP contribution in [0.25, 0.3) is 0 Å². The SMILES string of the molecule is CCC1(CN=C(N)NC(C)(C)C)CCC1.I. The Bertz CT molecular complexity index is 234. The van der Waals surface area contributed by atoms with E-state index in [1.54, 1.807) is 0 Å². The Labute approximate surface area is 117 Å². The summed E-state index contributed by atoms with van der Waals surface area (Å²) in [5.74, 6) is 0.585. The lowest BCUT2D eigenvalue weighted by molar-refractivity contribution is 0.139. The van der Waals surface area contributed by atoms with E-state index < -0.39 is 0 Å². The van der Waals surface area contributed by atoms with Gasteiger partial charge in [0.15, 0.2) is 5.96 Å². The van der Waals surface area contributed by atoms with Gasteiger partial charge in [-0.05, 0) is 45.4 Å². The highest BCUT2D eigenvalue weighted by Crippen LogP contribution is 2.43. The molecular weight excluding hydrogens is 313 g/mol. The molecule has 0 aromatic carbocycles. The summed E-state index contributed by atoms with van der Waals surface area (Å²) < 4.78 is 0. The molecule has 0 heterocycles. The quantitative estimate of drug-likeness (QED) is 0.472. The topological polar surface area (TPSA) is 50.4 Å². The first-order chi connectivity index (χ1) is 6.87. The fourth-order valence-electron chi connectivity index (χ4n) is 1.98. The lowest BCUT2D eigenvalue weighted by Crippen LogP contribution is -2.45. The number of nitrogens with one attached hydrogen (secondary N) is 1. The Morgan fingerprint density at radius 2 is 1.94 bits per heavy atom. The third-order valence-corrected chi connectivity index (χ3v) is 3.25. The number of nitrogens with two attached hydrogens (primary N) is 1. The second kappa shape index (κ2) is 6.07. The number of rotatable bonds is 3. The molecule has 0 aromatic rings. The smallest absolute Gasteiger partial charge is 0.189 e. The summed E-state index contributed by atoms with van der Waals surface area (Å²) in [6.07, 6.45) is 5.21. The summed E-state index contributed by atoms with van der Waals surface area (Å²) in [7, 11) is 0. The molecule has 1 rings (SSSR count). The van der Waals surface area contributed by atoms with Gasteiger partial charge in [-0.2, -0.15) is 0 Å². The Hall–Kier alpha value is 0. The minimum absolute atomic E-state index is 0. The molecule has 3 N–H and O–H groups in total. The van der Waals surface area contributed by atoms with Gasteiger partial charge >= 0.3 is 0 Å². The molecule has 96 valence electrons. The highest BCUT2D eigenvalue weighted by molar-refractivity contribution is 14.0. The number of hydrogen-bond donors (Lipinski definition) is 2. The lowest BCUT2D eigenvalue weighted by Gasteiger charge is -2.40. The minimum Gasteiger partial charge on any atom is -0.370 e. The standard InChI is InChI=1S/C12H25N3.HI/c1-5-12(7-6-8-12)9-14-10(13)15-11(2,3)4;/h5-9H2,1-4H3,(H3,13,14,15);1H. The molecule has 0 aromatic heterocycles. The van der Waals surface area contributed by atoms with Crippen molar-refractivity contribution < 1.29 is 0 Å². The molecule has 0 amide bonds. The van der Waals surface area contributed by atoms with E-state index in [1.165, 1.54) is 25.7 Å². The van der Waals surface area contributed by atoms with E-state index >= 15 is 0 Å². The minimum atomic E-state index is 0. The highest BCUT2D eigenvalue weighted by Gasteiger charge is 2.34. The fourth-order valence-corrected chi connectivity index (χ4v) is 1.98. The van der Waals surface area contributed by atoms with Crippen LogP contribution in [-0.4, -0.2) is 18.0 Å². The van der Waals surface area contributed by atoms with Crippen LogP contribution in [0.5, 0.6) is 0 Å². The Morgan fingerprint density at radius 1 is 1.38 bits per heavy atom. The van der Waals surface area contributed by atoms with Crippen LogP contribution in [-0.2, 0) is 0 Å². The van der Waals surface area contributed by atoms with Gasteiger partial charge in [-0.25, -0.2) is 0 Å². The molecule has 0 radical (unpaired) electrons. The predicted octanol–water partition coefficient (Wildman–Crippen LogP) is 2.89. The Morgan fingerprint density at radius 3 is 2.25 bits per heavy atom. The van der Waals surface area contributed by atoms with Crippen molar-refractivity contribution in [1.82, 2.24) is 5.32 Å². The summed E-state index contributed by atoms with van der Waals surface area (Å²) >= 11 is 0. The van der Waals surface area contributed by atoms with Crippen LogP contribution in [0.15, 0.2) is 4.99 Å². The van der Waals surface area contributed by atoms with Crippen LogP contribution in [0.1, 0.15) is 53.4 Å². The van der Waals surface area contributed by atoms with Gasteiger partial charge in [-0.1, -0.05) is 13.3 Å². The first-order valence-electron chi connectivity index (χ1n) is 5.95. The molecule has 0 spiro atoms. The fraction of sp³-hybridized carbons (Fsp3) is 0.917. The van der Waals surface area contributed by atoms with E-state index in [2.05, 4.69) is 38.0 Å². The van der Waals surface area contributed by atoms with E-state index in [-0.39, 0.29) is 29.5 Å². The molecule has 0 aliphatic heterocycles. The zero-order chi connectivity index (χ0) is 11.5. The van der Waals surface area contributed by atoms with Crippen molar-refractivity contribution in [2.24, 2.45) is 16.1 Å². The third kappa shape index (κ3) is 4.89. The van der Waals surface area contributed by atoms with Gasteiger partial charge in [0, 0.05) is 12.1 Å². The maximum Gasteiger partial charge on any atom is 0.189 e. The Balaban J connectivity index is 0.00000225. The molecule has 1 aliphatic rings. The average Bonchev–Trinajstić information content (AvgIpc) is 1.99. The van der Waals surface area contributed by atoms with Crippen LogP contribution < -0.4 is 11.1 Å². The predicted molar refractivity (Wildman–Crippen MR) is 81.4 cm³/mol. The Kier molecular flexibility index (Phi) is 6.07. The molecule has 0 unspecified atom stereocenters. The number of guanidine groups is 1. The summed E-state index contributed by atoms with van der Waals surface area (Å²) in [5.41, 5.74) is 6.31. The number of hydrogen-bond acceptors (Lipinski definition) is 1. The number of halogens is 1. The summed E-state index contributed by atoms with van der Waals surface area (Å²) in [5, 5.41) is 3.19. The van der Waals surface area contributed by atoms with Crippen molar-refractivity contribution in [1.29, 1.82) is 0 Å². The monoisotopic (exact) mass is 339 g/mol. The zero-order valence-electron chi connectivity index (χ0n) is 11.0. The van der Waals surface area contributed by atoms with Crippen LogP contribution >= 0.6 is 24.0 Å². The molecular formula is C12H26IN3. The summed E-state index contributed by atoms with van der Waals surface area (Å²) in [4.78, 5) is 4.46.